The molecule has 160 valence electrons. The van der Waals surface area contributed by atoms with Gasteiger partial charge in [0.25, 0.3) is 0 Å². The highest BCUT2D eigenvalue weighted by Crippen LogP contribution is 2.15. The van der Waals surface area contributed by atoms with Crippen molar-refractivity contribution in [2.45, 2.75) is 37.2 Å². The maximum Gasteiger partial charge on any atom is 0.244 e. The highest BCUT2D eigenvalue weighted by Gasteiger charge is 2.20. The molecular formula is C23H29N3O3S. The lowest BCUT2D eigenvalue weighted by Gasteiger charge is -2.32. The third-order valence-corrected chi connectivity index (χ3v) is 6.74. The summed E-state index contributed by atoms with van der Waals surface area (Å²) in [7, 11) is -2.07. The molecule has 0 bridgehead atoms. The topological polar surface area (TPSA) is 78.5 Å². The van der Waals surface area contributed by atoms with Gasteiger partial charge < -0.3 is 5.32 Å². The zero-order chi connectivity index (χ0) is 21.6. The van der Waals surface area contributed by atoms with Crippen molar-refractivity contribution in [3.05, 3.63) is 71.3 Å². The van der Waals surface area contributed by atoms with Crippen LogP contribution in [0.5, 0.6) is 0 Å². The van der Waals surface area contributed by atoms with E-state index in [1.165, 1.54) is 36.4 Å². The maximum atomic E-state index is 12.2. The molecule has 0 aliphatic carbocycles. The van der Waals surface area contributed by atoms with Crippen LogP contribution < -0.4 is 10.0 Å². The predicted octanol–water partition coefficient (Wildman–Crippen LogP) is 2.70. The van der Waals surface area contributed by atoms with Gasteiger partial charge in [-0.3, -0.25) is 9.69 Å². The Labute approximate surface area is 179 Å². The second-order valence-electron chi connectivity index (χ2n) is 7.66. The summed E-state index contributed by atoms with van der Waals surface area (Å²) in [4.78, 5) is 14.9. The van der Waals surface area contributed by atoms with E-state index in [-0.39, 0.29) is 16.8 Å². The molecule has 0 radical (unpaired) electrons. The number of hydrogen-bond donors (Lipinski definition) is 2. The van der Waals surface area contributed by atoms with Gasteiger partial charge in [0.05, 0.1) is 4.90 Å². The summed E-state index contributed by atoms with van der Waals surface area (Å²) in [6.07, 6.45) is 5.06. The quantitative estimate of drug-likeness (QED) is 0.666. The number of nitrogens with one attached hydrogen (secondary N) is 2. The average Bonchev–Trinajstić information content (AvgIpc) is 2.74. The van der Waals surface area contributed by atoms with Gasteiger partial charge in [-0.1, -0.05) is 42.0 Å². The van der Waals surface area contributed by atoms with E-state index in [0.29, 0.717) is 0 Å². The van der Waals surface area contributed by atoms with Crippen LogP contribution in [0.25, 0.3) is 6.08 Å². The molecule has 0 aromatic heterocycles. The summed E-state index contributed by atoms with van der Waals surface area (Å²) in [5.74, 6) is -0.126. The molecule has 0 atom stereocenters. The number of likely N-dealkylation sites (tertiary alicyclic amines) is 1. The first-order valence-corrected chi connectivity index (χ1v) is 11.6. The third kappa shape index (κ3) is 6.26. The molecule has 2 aromatic carbocycles. The number of aryl methyl sites for hydroxylation is 1. The Kier molecular flexibility index (Phi) is 7.42. The van der Waals surface area contributed by atoms with Crippen LogP contribution in [-0.4, -0.2) is 45.4 Å². The molecule has 0 saturated carbocycles. The lowest BCUT2D eigenvalue weighted by molar-refractivity contribution is -0.117. The third-order valence-electron chi connectivity index (χ3n) is 5.31. The number of carbonyl (C=O) groups excluding carboxylic acids is 1. The van der Waals surface area contributed by atoms with Crippen LogP contribution in [0, 0.1) is 6.92 Å². The number of piperidine rings is 1. The fourth-order valence-electron chi connectivity index (χ4n) is 3.60. The summed E-state index contributed by atoms with van der Waals surface area (Å²) >= 11 is 0. The first-order valence-electron chi connectivity index (χ1n) is 10.2. The van der Waals surface area contributed by atoms with Crippen molar-refractivity contribution in [2.24, 2.45) is 0 Å². The minimum atomic E-state index is -3.45. The molecule has 2 N–H and O–H groups in total. The van der Waals surface area contributed by atoms with Crippen LogP contribution in [0.1, 0.15) is 29.5 Å². The van der Waals surface area contributed by atoms with E-state index in [1.54, 1.807) is 18.2 Å². The van der Waals surface area contributed by atoms with Crippen molar-refractivity contribution in [1.29, 1.82) is 0 Å². The van der Waals surface area contributed by atoms with Gasteiger partial charge in [-0.25, -0.2) is 13.1 Å². The Bertz CT molecular complexity index is 993. The van der Waals surface area contributed by atoms with Gasteiger partial charge >= 0.3 is 0 Å². The molecule has 1 fully saturated rings. The molecule has 1 aliphatic rings. The smallest absolute Gasteiger partial charge is 0.244 e. The summed E-state index contributed by atoms with van der Waals surface area (Å²) in [6, 6.07) is 15.2. The number of rotatable bonds is 7. The number of amides is 1. The van der Waals surface area contributed by atoms with E-state index >= 15 is 0 Å². The first-order chi connectivity index (χ1) is 14.4. The van der Waals surface area contributed by atoms with E-state index in [4.69, 9.17) is 0 Å². The second-order valence-corrected chi connectivity index (χ2v) is 9.54. The molecule has 1 heterocycles. The minimum absolute atomic E-state index is 0.126. The molecule has 0 unspecified atom stereocenters. The van der Waals surface area contributed by atoms with Crippen molar-refractivity contribution in [1.82, 2.24) is 14.9 Å². The molecule has 1 saturated heterocycles. The summed E-state index contributed by atoms with van der Waals surface area (Å²) in [5, 5.41) is 3.07. The van der Waals surface area contributed by atoms with E-state index in [1.807, 2.05) is 0 Å². The van der Waals surface area contributed by atoms with E-state index in [2.05, 4.69) is 46.1 Å². The molecule has 30 heavy (non-hydrogen) atoms. The van der Waals surface area contributed by atoms with Gasteiger partial charge in [-0.2, -0.15) is 0 Å². The monoisotopic (exact) mass is 427 g/mol. The van der Waals surface area contributed by atoms with Crippen LogP contribution in [-0.2, 0) is 21.4 Å². The summed E-state index contributed by atoms with van der Waals surface area (Å²) in [6.45, 7) is 4.98. The Morgan fingerprint density at radius 1 is 1.13 bits per heavy atom. The number of hydrogen-bond acceptors (Lipinski definition) is 4. The molecule has 7 heteroatoms. The van der Waals surface area contributed by atoms with Crippen molar-refractivity contribution < 1.29 is 13.2 Å². The zero-order valence-corrected chi connectivity index (χ0v) is 18.3. The molecule has 2 aromatic rings. The molecule has 3 rings (SSSR count). The van der Waals surface area contributed by atoms with Crippen molar-refractivity contribution in [3.8, 4) is 0 Å². The van der Waals surface area contributed by atoms with Gasteiger partial charge in [0.15, 0.2) is 0 Å². The van der Waals surface area contributed by atoms with Gasteiger partial charge in [-0.15, -0.1) is 0 Å². The Hall–Kier alpha value is -2.48. The summed E-state index contributed by atoms with van der Waals surface area (Å²) < 4.78 is 25.8. The molecule has 1 amide bonds. The molecule has 0 spiro atoms. The van der Waals surface area contributed by atoms with Crippen molar-refractivity contribution in [3.63, 3.8) is 0 Å². The largest absolute Gasteiger partial charge is 0.350 e. The van der Waals surface area contributed by atoms with Gasteiger partial charge in [0.2, 0.25) is 15.9 Å². The van der Waals surface area contributed by atoms with Crippen LogP contribution in [0.2, 0.25) is 0 Å². The number of benzene rings is 2. The second kappa shape index (κ2) is 10.0. The highest BCUT2D eigenvalue weighted by molar-refractivity contribution is 7.89. The van der Waals surface area contributed by atoms with Crippen LogP contribution in [0.15, 0.2) is 59.5 Å². The lowest BCUT2D eigenvalue weighted by Crippen LogP contribution is -2.43. The number of nitrogens with zero attached hydrogens (tertiary/aromatic N) is 1. The molecule has 6 nitrogen and oxygen atoms in total. The molecule has 1 aliphatic heterocycles. The molecular weight excluding hydrogens is 398 g/mol. The fraction of sp³-hybridized carbons (Fsp3) is 0.348. The van der Waals surface area contributed by atoms with Gasteiger partial charge in [-0.05, 0) is 56.1 Å². The minimum Gasteiger partial charge on any atom is -0.350 e. The highest BCUT2D eigenvalue weighted by atomic mass is 32.2. The standard InChI is InChI=1S/C23H29N3O3S/c1-18-4-3-5-20(16-18)17-26-14-12-21(13-15-26)25-23(27)11-8-19-6-9-22(10-7-19)30(28,29)24-2/h3-11,16,21,24H,12-15,17H2,1-2H3,(H,25,27). The Morgan fingerprint density at radius 3 is 2.47 bits per heavy atom. The fourth-order valence-corrected chi connectivity index (χ4v) is 4.33. The van der Waals surface area contributed by atoms with Gasteiger partial charge in [0.1, 0.15) is 0 Å². The average molecular weight is 428 g/mol. The predicted molar refractivity (Wildman–Crippen MR) is 119 cm³/mol. The lowest BCUT2D eigenvalue weighted by atomic mass is 10.0. The Morgan fingerprint density at radius 2 is 1.83 bits per heavy atom. The van der Waals surface area contributed by atoms with Crippen LogP contribution in [0.3, 0.4) is 0 Å². The van der Waals surface area contributed by atoms with Crippen LogP contribution in [0.4, 0.5) is 0 Å². The Balaban J connectivity index is 1.45. The number of sulfonamides is 1. The van der Waals surface area contributed by atoms with Crippen LogP contribution >= 0.6 is 0 Å². The van der Waals surface area contributed by atoms with Crippen molar-refractivity contribution in [2.75, 3.05) is 20.1 Å². The van der Waals surface area contributed by atoms with Crippen molar-refractivity contribution >= 4 is 22.0 Å². The SMILES string of the molecule is CNS(=O)(=O)c1ccc(C=CC(=O)NC2CCN(Cc3cccc(C)c3)CC2)cc1. The van der Waals surface area contributed by atoms with E-state index in [9.17, 15) is 13.2 Å². The van der Waals surface area contributed by atoms with Gasteiger partial charge in [0, 0.05) is 31.8 Å². The first kappa shape index (κ1) is 22.2. The number of carbonyl (C=O) groups is 1. The van der Waals surface area contributed by atoms with E-state index < -0.39 is 10.0 Å². The zero-order valence-electron chi connectivity index (χ0n) is 17.5. The summed E-state index contributed by atoms with van der Waals surface area (Å²) in [5.41, 5.74) is 3.38. The van der Waals surface area contributed by atoms with E-state index in [0.717, 1.165) is 38.0 Å². The maximum absolute atomic E-state index is 12.2. The normalized spacial score (nSPS) is 16.1.